The van der Waals surface area contributed by atoms with Gasteiger partial charge in [-0.25, -0.2) is 13.3 Å². The Kier molecular flexibility index (Phi) is 7.81. The zero-order valence-electron chi connectivity index (χ0n) is 21.2. The Hall–Kier alpha value is -2.85. The minimum atomic E-state index is -4.05. The van der Waals surface area contributed by atoms with E-state index in [-0.39, 0.29) is 17.2 Å². The van der Waals surface area contributed by atoms with E-state index in [4.69, 9.17) is 0 Å². The smallest absolute Gasteiger partial charge is 0.252 e. The van der Waals surface area contributed by atoms with E-state index in [1.54, 1.807) is 24.3 Å². The first-order valence-corrected chi connectivity index (χ1v) is 15.0. The first kappa shape index (κ1) is 26.7. The van der Waals surface area contributed by atoms with Crippen LogP contribution in [0.5, 0.6) is 0 Å². The molecule has 2 aliphatic heterocycles. The minimum absolute atomic E-state index is 0.112. The predicted octanol–water partition coefficient (Wildman–Crippen LogP) is 4.74. The van der Waals surface area contributed by atoms with Gasteiger partial charge in [-0.3, -0.25) is 14.5 Å². The molecule has 0 aromatic heterocycles. The van der Waals surface area contributed by atoms with E-state index in [0.717, 1.165) is 21.5 Å². The number of carbonyl (C=O) groups is 2. The van der Waals surface area contributed by atoms with Gasteiger partial charge in [0.05, 0.1) is 17.0 Å². The number of likely N-dealkylation sites (tertiary alicyclic amines) is 1. The molecule has 0 radical (unpaired) electrons. The monoisotopic (exact) mass is 595 g/mol. The third kappa shape index (κ3) is 5.47. The lowest BCUT2D eigenvalue weighted by Gasteiger charge is -2.39. The van der Waals surface area contributed by atoms with Crippen molar-refractivity contribution in [3.05, 3.63) is 94.5 Å². The highest BCUT2D eigenvalue weighted by molar-refractivity contribution is 9.10. The van der Waals surface area contributed by atoms with Crippen LogP contribution >= 0.6 is 15.9 Å². The Labute approximate surface area is 232 Å². The van der Waals surface area contributed by atoms with Crippen molar-refractivity contribution < 1.29 is 18.0 Å². The number of piperidine rings is 1. The summed E-state index contributed by atoms with van der Waals surface area (Å²) >= 11 is 3.36. The number of imide groups is 1. The molecule has 198 valence electrons. The number of hydrogen-bond donors (Lipinski definition) is 0. The van der Waals surface area contributed by atoms with Gasteiger partial charge in [0.1, 0.15) is 6.04 Å². The Bertz CT molecular complexity index is 1400. The number of halogens is 1. The average molecular weight is 597 g/mol. The molecule has 0 bridgehead atoms. The third-order valence-corrected chi connectivity index (χ3v) is 9.78. The molecule has 2 saturated heterocycles. The fourth-order valence-corrected chi connectivity index (χ4v) is 7.39. The number of aryl methyl sites for hydroxylation is 1. The summed E-state index contributed by atoms with van der Waals surface area (Å²) in [5.41, 5.74) is 2.67. The highest BCUT2D eigenvalue weighted by atomic mass is 79.9. The van der Waals surface area contributed by atoms with Crippen LogP contribution in [0.25, 0.3) is 0 Å². The van der Waals surface area contributed by atoms with Crippen molar-refractivity contribution in [2.45, 2.75) is 49.7 Å². The molecular weight excluding hydrogens is 566 g/mol. The first-order chi connectivity index (χ1) is 18.2. The standard InChI is InChI=1S/C29H30BrN3O4S/c1-21-7-11-24(12-8-21)32-28(34)19-27(29(32)35)33(38(36,37)26-13-9-23(30)10-14-26)25-15-17-31(18-16-25)20-22-5-3-2-4-6-22/h2-14,25,27H,15-20H2,1H3. The van der Waals surface area contributed by atoms with Gasteiger partial charge >= 0.3 is 0 Å². The second kappa shape index (κ2) is 11.1. The molecule has 9 heteroatoms. The summed E-state index contributed by atoms with van der Waals surface area (Å²) in [7, 11) is -4.05. The van der Waals surface area contributed by atoms with Gasteiger partial charge in [-0.15, -0.1) is 0 Å². The molecule has 1 atom stereocenters. The second-order valence-corrected chi connectivity index (χ2v) is 12.7. The molecule has 2 fully saturated rings. The maximum absolute atomic E-state index is 14.1. The Morgan fingerprint density at radius 2 is 1.53 bits per heavy atom. The van der Waals surface area contributed by atoms with Crippen LogP contribution in [0.4, 0.5) is 5.69 Å². The number of carbonyl (C=O) groups excluding carboxylic acids is 2. The van der Waals surface area contributed by atoms with Gasteiger partial charge < -0.3 is 0 Å². The summed E-state index contributed by atoms with van der Waals surface area (Å²) in [6, 6.07) is 22.2. The summed E-state index contributed by atoms with van der Waals surface area (Å²) in [6.07, 6.45) is 0.975. The first-order valence-electron chi connectivity index (χ1n) is 12.7. The van der Waals surface area contributed by atoms with Crippen LogP contribution in [-0.4, -0.2) is 54.6 Å². The largest absolute Gasteiger partial charge is 0.299 e. The van der Waals surface area contributed by atoms with E-state index >= 15 is 0 Å². The fourth-order valence-electron chi connectivity index (χ4n) is 5.30. The molecule has 0 saturated carbocycles. The summed E-state index contributed by atoms with van der Waals surface area (Å²) in [5.74, 6) is -0.882. The Balaban J connectivity index is 1.43. The minimum Gasteiger partial charge on any atom is -0.299 e. The topological polar surface area (TPSA) is 78.0 Å². The molecule has 0 spiro atoms. The molecule has 38 heavy (non-hydrogen) atoms. The number of sulfonamides is 1. The third-order valence-electron chi connectivity index (χ3n) is 7.28. The zero-order chi connectivity index (χ0) is 26.9. The lowest BCUT2D eigenvalue weighted by molar-refractivity contribution is -0.122. The van der Waals surface area contributed by atoms with E-state index in [9.17, 15) is 18.0 Å². The van der Waals surface area contributed by atoms with Gasteiger partial charge in [-0.05, 0) is 61.7 Å². The summed E-state index contributed by atoms with van der Waals surface area (Å²) in [4.78, 5) is 30.4. The van der Waals surface area contributed by atoms with E-state index in [1.165, 1.54) is 22.0 Å². The Morgan fingerprint density at radius 3 is 2.16 bits per heavy atom. The summed E-state index contributed by atoms with van der Waals surface area (Å²) in [5, 5.41) is 0. The predicted molar refractivity (Wildman–Crippen MR) is 150 cm³/mol. The highest BCUT2D eigenvalue weighted by Gasteiger charge is 2.49. The molecule has 2 aliphatic rings. The highest BCUT2D eigenvalue weighted by Crippen LogP contribution is 2.34. The van der Waals surface area contributed by atoms with Crippen LogP contribution < -0.4 is 4.90 Å². The molecular formula is C29H30BrN3O4S. The normalized spacial score (nSPS) is 19.4. The number of nitrogens with zero attached hydrogens (tertiary/aromatic N) is 3. The molecule has 7 nitrogen and oxygen atoms in total. The van der Waals surface area contributed by atoms with Crippen molar-refractivity contribution in [3.63, 3.8) is 0 Å². The summed E-state index contributed by atoms with van der Waals surface area (Å²) in [6.45, 7) is 4.11. The van der Waals surface area contributed by atoms with E-state index in [2.05, 4.69) is 33.0 Å². The number of benzene rings is 3. The molecule has 5 rings (SSSR count). The van der Waals surface area contributed by atoms with Crippen molar-refractivity contribution in [2.75, 3.05) is 18.0 Å². The van der Waals surface area contributed by atoms with Crippen LogP contribution in [0.3, 0.4) is 0 Å². The average Bonchev–Trinajstić information content (AvgIpc) is 3.19. The summed E-state index contributed by atoms with van der Waals surface area (Å²) < 4.78 is 30.2. The van der Waals surface area contributed by atoms with Crippen LogP contribution in [0.2, 0.25) is 0 Å². The quantitative estimate of drug-likeness (QED) is 0.368. The van der Waals surface area contributed by atoms with E-state index in [0.29, 0.717) is 31.6 Å². The number of amides is 2. The number of rotatable bonds is 7. The maximum Gasteiger partial charge on any atom is 0.252 e. The van der Waals surface area contributed by atoms with Gasteiger partial charge in [0.25, 0.3) is 5.91 Å². The van der Waals surface area contributed by atoms with Crippen LogP contribution in [0.15, 0.2) is 88.2 Å². The van der Waals surface area contributed by atoms with Gasteiger partial charge in [0.2, 0.25) is 15.9 Å². The maximum atomic E-state index is 14.1. The van der Waals surface area contributed by atoms with Crippen LogP contribution in [0.1, 0.15) is 30.4 Å². The lowest BCUT2D eigenvalue weighted by atomic mass is 10.0. The molecule has 3 aromatic carbocycles. The molecule has 0 aliphatic carbocycles. The lowest BCUT2D eigenvalue weighted by Crippen LogP contribution is -2.53. The zero-order valence-corrected chi connectivity index (χ0v) is 23.6. The second-order valence-electron chi connectivity index (χ2n) is 9.90. The van der Waals surface area contributed by atoms with Crippen molar-refractivity contribution >= 4 is 43.5 Å². The van der Waals surface area contributed by atoms with Gasteiger partial charge in [0.15, 0.2) is 0 Å². The number of anilines is 1. The Morgan fingerprint density at radius 1 is 0.895 bits per heavy atom. The molecule has 2 heterocycles. The van der Waals surface area contributed by atoms with Crippen molar-refractivity contribution in [1.82, 2.24) is 9.21 Å². The SMILES string of the molecule is Cc1ccc(N2C(=O)CC(N(C3CCN(Cc4ccccc4)CC3)S(=O)(=O)c3ccc(Br)cc3)C2=O)cc1. The van der Waals surface area contributed by atoms with Gasteiger partial charge in [-0.2, -0.15) is 4.31 Å². The molecule has 1 unspecified atom stereocenters. The van der Waals surface area contributed by atoms with E-state index < -0.39 is 28.0 Å². The van der Waals surface area contributed by atoms with Crippen LogP contribution in [-0.2, 0) is 26.2 Å². The molecule has 3 aromatic rings. The number of hydrogen-bond acceptors (Lipinski definition) is 5. The molecule has 0 N–H and O–H groups in total. The molecule has 2 amide bonds. The van der Waals surface area contributed by atoms with E-state index in [1.807, 2.05) is 37.3 Å². The van der Waals surface area contributed by atoms with Crippen LogP contribution in [0, 0.1) is 6.92 Å². The van der Waals surface area contributed by atoms with Gasteiger partial charge in [0, 0.05) is 30.1 Å². The fraction of sp³-hybridized carbons (Fsp3) is 0.310. The van der Waals surface area contributed by atoms with Crippen molar-refractivity contribution in [1.29, 1.82) is 0 Å². The van der Waals surface area contributed by atoms with Crippen molar-refractivity contribution in [2.24, 2.45) is 0 Å². The van der Waals surface area contributed by atoms with Gasteiger partial charge in [-0.1, -0.05) is 64.0 Å². The van der Waals surface area contributed by atoms with Crippen molar-refractivity contribution in [3.8, 4) is 0 Å².